The van der Waals surface area contributed by atoms with Crippen molar-refractivity contribution in [2.75, 3.05) is 0 Å². The minimum absolute atomic E-state index is 0.203. The summed E-state index contributed by atoms with van der Waals surface area (Å²) in [5.74, 6) is -0.0559. The minimum atomic E-state index is -0.440. The fraction of sp³-hybridized carbons (Fsp3) is 0.0417. The van der Waals surface area contributed by atoms with E-state index < -0.39 is 5.63 Å². The molecule has 0 aliphatic heterocycles. The number of rotatable bonds is 3. The van der Waals surface area contributed by atoms with E-state index in [0.29, 0.717) is 27.7 Å². The number of carbonyl (C=O) groups excluding carboxylic acids is 1. The molecule has 0 N–H and O–H groups in total. The maximum absolute atomic E-state index is 13.3. The summed E-state index contributed by atoms with van der Waals surface area (Å²) < 4.78 is 11.6. The zero-order valence-corrected chi connectivity index (χ0v) is 15.5. The Bertz CT molecular complexity index is 1430. The van der Waals surface area contributed by atoms with Crippen LogP contribution in [-0.2, 0) is 0 Å². The summed E-state index contributed by atoms with van der Waals surface area (Å²) in [6.07, 6.45) is 3.13. The molecule has 140 valence electrons. The minimum Gasteiger partial charge on any atom is -0.452 e. The van der Waals surface area contributed by atoms with E-state index in [0.717, 1.165) is 16.5 Å². The predicted octanol–water partition coefficient (Wildman–Crippen LogP) is 5.14. The molecule has 5 aromatic rings. The molecule has 0 spiro atoms. The molecule has 0 saturated heterocycles. The van der Waals surface area contributed by atoms with Gasteiger partial charge in [-0.1, -0.05) is 30.3 Å². The highest BCUT2D eigenvalue weighted by Crippen LogP contribution is 2.40. The van der Waals surface area contributed by atoms with Gasteiger partial charge in [0.1, 0.15) is 11.2 Å². The smallest absolute Gasteiger partial charge is 0.336 e. The Labute approximate surface area is 165 Å². The Hall–Kier alpha value is -3.99. The molecule has 0 fully saturated rings. The second kappa shape index (κ2) is 6.56. The van der Waals surface area contributed by atoms with Crippen LogP contribution in [0, 0.1) is 6.92 Å². The van der Waals surface area contributed by atoms with E-state index in [9.17, 15) is 9.59 Å². The van der Waals surface area contributed by atoms with Crippen LogP contribution < -0.4 is 5.63 Å². The molecule has 0 radical (unpaired) electrons. The van der Waals surface area contributed by atoms with E-state index in [2.05, 4.69) is 4.98 Å². The zero-order valence-electron chi connectivity index (χ0n) is 15.5. The van der Waals surface area contributed by atoms with Crippen LogP contribution in [0.5, 0.6) is 0 Å². The van der Waals surface area contributed by atoms with Gasteiger partial charge in [-0.25, -0.2) is 4.79 Å². The lowest BCUT2D eigenvalue weighted by Gasteiger charge is -2.05. The summed E-state index contributed by atoms with van der Waals surface area (Å²) in [7, 11) is 0. The molecule has 0 amide bonds. The van der Waals surface area contributed by atoms with Gasteiger partial charge in [0.15, 0.2) is 5.76 Å². The molecule has 29 heavy (non-hydrogen) atoms. The molecule has 5 heteroatoms. The van der Waals surface area contributed by atoms with Gasteiger partial charge in [0, 0.05) is 35.0 Å². The van der Waals surface area contributed by atoms with Crippen molar-refractivity contribution in [2.45, 2.75) is 6.92 Å². The standard InChI is InChI=1S/C24H15NO4/c1-14-13-19(26)29-23-17(14)7-8-18-21(23)20(15-5-3-2-4-6-15)24(28-18)22(27)16-9-11-25-12-10-16/h2-13H,1H3. The van der Waals surface area contributed by atoms with Gasteiger partial charge in [0.05, 0.1) is 5.39 Å². The van der Waals surface area contributed by atoms with Crippen LogP contribution in [0.25, 0.3) is 33.1 Å². The van der Waals surface area contributed by atoms with Crippen molar-refractivity contribution in [1.82, 2.24) is 4.98 Å². The fourth-order valence-corrected chi connectivity index (χ4v) is 3.64. The summed E-state index contributed by atoms with van der Waals surface area (Å²) in [5.41, 5.74) is 3.16. The summed E-state index contributed by atoms with van der Waals surface area (Å²) in [4.78, 5) is 29.3. The Morgan fingerprint density at radius 2 is 1.69 bits per heavy atom. The predicted molar refractivity (Wildman–Crippen MR) is 110 cm³/mol. The lowest BCUT2D eigenvalue weighted by molar-refractivity contribution is 0.101. The third-order valence-electron chi connectivity index (χ3n) is 4.98. The van der Waals surface area contributed by atoms with E-state index in [1.807, 2.05) is 43.3 Å². The van der Waals surface area contributed by atoms with Gasteiger partial charge < -0.3 is 8.83 Å². The van der Waals surface area contributed by atoms with Crippen LogP contribution in [0.15, 0.2) is 86.7 Å². The molecule has 5 rings (SSSR count). The summed E-state index contributed by atoms with van der Waals surface area (Å²) >= 11 is 0. The number of hydrogen-bond donors (Lipinski definition) is 0. The fourth-order valence-electron chi connectivity index (χ4n) is 3.64. The van der Waals surface area contributed by atoms with Crippen molar-refractivity contribution in [2.24, 2.45) is 0 Å². The van der Waals surface area contributed by atoms with E-state index in [1.54, 1.807) is 30.6 Å². The summed E-state index contributed by atoms with van der Waals surface area (Å²) in [6.45, 7) is 1.86. The van der Waals surface area contributed by atoms with E-state index in [-0.39, 0.29) is 11.5 Å². The number of carbonyl (C=O) groups is 1. The monoisotopic (exact) mass is 381 g/mol. The van der Waals surface area contributed by atoms with Gasteiger partial charge in [-0.2, -0.15) is 0 Å². The van der Waals surface area contributed by atoms with Gasteiger partial charge in [-0.3, -0.25) is 9.78 Å². The number of hydrogen-bond acceptors (Lipinski definition) is 5. The van der Waals surface area contributed by atoms with Crippen LogP contribution in [0.4, 0.5) is 0 Å². The molecule has 0 aliphatic carbocycles. The first-order chi connectivity index (χ1) is 14.1. The van der Waals surface area contributed by atoms with Gasteiger partial charge in [-0.15, -0.1) is 0 Å². The lowest BCUT2D eigenvalue weighted by atomic mass is 9.97. The third-order valence-corrected chi connectivity index (χ3v) is 4.98. The first-order valence-corrected chi connectivity index (χ1v) is 9.13. The first kappa shape index (κ1) is 17.1. The largest absolute Gasteiger partial charge is 0.452 e. The average molecular weight is 381 g/mol. The quantitative estimate of drug-likeness (QED) is 0.320. The van der Waals surface area contributed by atoms with Gasteiger partial charge in [0.25, 0.3) is 0 Å². The van der Waals surface area contributed by atoms with Crippen LogP contribution in [0.2, 0.25) is 0 Å². The van der Waals surface area contributed by atoms with Crippen LogP contribution in [0.3, 0.4) is 0 Å². The van der Waals surface area contributed by atoms with Gasteiger partial charge in [-0.05, 0) is 42.3 Å². The topological polar surface area (TPSA) is 73.3 Å². The SMILES string of the molecule is Cc1cc(=O)oc2c1ccc1oc(C(=O)c3ccncc3)c(-c3ccccc3)c12. The van der Waals surface area contributed by atoms with Crippen molar-refractivity contribution in [3.63, 3.8) is 0 Å². The Balaban J connectivity index is 1.93. The van der Waals surface area contributed by atoms with E-state index >= 15 is 0 Å². The van der Waals surface area contributed by atoms with Crippen LogP contribution >= 0.6 is 0 Å². The van der Waals surface area contributed by atoms with Crippen molar-refractivity contribution in [1.29, 1.82) is 0 Å². The van der Waals surface area contributed by atoms with E-state index in [4.69, 9.17) is 8.83 Å². The second-order valence-corrected chi connectivity index (χ2v) is 6.80. The number of benzene rings is 2. The highest BCUT2D eigenvalue weighted by Gasteiger charge is 2.25. The maximum Gasteiger partial charge on any atom is 0.336 e. The molecule has 0 saturated carbocycles. The zero-order chi connectivity index (χ0) is 20.0. The number of furan rings is 1. The normalized spacial score (nSPS) is 11.2. The molecular weight excluding hydrogens is 366 g/mol. The highest BCUT2D eigenvalue weighted by atomic mass is 16.4. The van der Waals surface area contributed by atoms with Gasteiger partial charge >= 0.3 is 5.63 Å². The molecular formula is C24H15NO4. The summed E-state index contributed by atoms with van der Waals surface area (Å²) in [6, 6.07) is 17.9. The molecule has 2 aromatic carbocycles. The molecule has 3 aromatic heterocycles. The van der Waals surface area contributed by atoms with E-state index in [1.165, 1.54) is 6.07 Å². The Kier molecular flexibility index (Phi) is 3.88. The molecule has 0 atom stereocenters. The lowest BCUT2D eigenvalue weighted by Crippen LogP contribution is -2.02. The molecule has 3 heterocycles. The number of aryl methyl sites for hydroxylation is 1. The average Bonchev–Trinajstić information content (AvgIpc) is 3.14. The number of fused-ring (bicyclic) bond motifs is 3. The van der Waals surface area contributed by atoms with Crippen LogP contribution in [-0.4, -0.2) is 10.8 Å². The van der Waals surface area contributed by atoms with Crippen LogP contribution in [0.1, 0.15) is 21.7 Å². The van der Waals surface area contributed by atoms with Crippen molar-refractivity contribution in [3.8, 4) is 11.1 Å². The molecule has 0 bridgehead atoms. The number of nitrogens with zero attached hydrogens (tertiary/aromatic N) is 1. The molecule has 0 aliphatic rings. The Morgan fingerprint density at radius 1 is 0.931 bits per heavy atom. The third kappa shape index (κ3) is 2.75. The summed E-state index contributed by atoms with van der Waals surface area (Å²) in [5, 5.41) is 1.42. The highest BCUT2D eigenvalue weighted by molar-refractivity contribution is 6.20. The second-order valence-electron chi connectivity index (χ2n) is 6.80. The first-order valence-electron chi connectivity index (χ1n) is 9.13. The number of ketones is 1. The molecule has 5 nitrogen and oxygen atoms in total. The van der Waals surface area contributed by atoms with Gasteiger partial charge in [0.2, 0.25) is 5.78 Å². The maximum atomic E-state index is 13.3. The number of pyridine rings is 1. The molecule has 0 unspecified atom stereocenters. The number of aromatic nitrogens is 1. The van der Waals surface area contributed by atoms with Crippen molar-refractivity contribution >= 4 is 27.7 Å². The Morgan fingerprint density at radius 3 is 2.45 bits per heavy atom. The van der Waals surface area contributed by atoms with Crippen molar-refractivity contribution in [3.05, 3.63) is 100 Å². The van der Waals surface area contributed by atoms with Crippen molar-refractivity contribution < 1.29 is 13.6 Å².